The van der Waals surface area contributed by atoms with E-state index in [0.29, 0.717) is 23.1 Å². The van der Waals surface area contributed by atoms with E-state index in [-0.39, 0.29) is 60.3 Å². The first kappa shape index (κ1) is 42.2. The van der Waals surface area contributed by atoms with E-state index in [2.05, 4.69) is 40.5 Å². The monoisotopic (exact) mass is 861 g/mol. The van der Waals surface area contributed by atoms with Crippen LogP contribution >= 0.6 is 7.82 Å². The zero-order chi connectivity index (χ0) is 43.2. The average molecular weight is 862 g/mol. The number of aliphatic hydroxyl groups excluding tert-OH is 2. The van der Waals surface area contributed by atoms with Gasteiger partial charge in [-0.2, -0.15) is 10.2 Å². The molecule has 3 aliphatic rings. The molecule has 22 nitrogen and oxygen atoms in total. The highest BCUT2D eigenvalue weighted by molar-refractivity contribution is 7.48. The molecule has 2 saturated carbocycles. The fourth-order valence-electron chi connectivity index (χ4n) is 8.54. The Bertz CT molecular complexity index is 2600. The van der Waals surface area contributed by atoms with Crippen LogP contribution in [-0.4, -0.2) is 112 Å². The highest BCUT2D eigenvalue weighted by atomic mass is 31.2. The molecule has 8 rings (SSSR count). The standard InChI is InChI=1S/C38H44N11O11P/c1-19(2)33(52)46-37-45-32-26(35(54)47-37)42-17-48(32)36-27(51)29(56-4)24(59-36)15-58-61(55,57-12-8-11-39)60-28-20(3)38(13-23(38)22(28)14-50)49-18-43-25-30(40-16-41-31(25)49)44-34(53)21-9-6-5-7-10-21/h5-7,9-10,16-20,22-24,27-29,36,50-51H,8,12-15H2,1-4H3,(H,40,41,44,53)(H2,45,46,47,52,54)/t20-,22+,23+,24-,27-,28+,29-,36-,38?,61?/m1/s1. The van der Waals surface area contributed by atoms with Gasteiger partial charge in [0, 0.05) is 37.0 Å². The third-order valence-corrected chi connectivity index (χ3v) is 13.1. The lowest BCUT2D eigenvalue weighted by atomic mass is 9.94. The third-order valence-electron chi connectivity index (χ3n) is 11.7. The molecule has 1 saturated heterocycles. The molecule has 2 unspecified atom stereocenters. The minimum absolute atomic E-state index is 0.000161. The Morgan fingerprint density at radius 1 is 1.10 bits per heavy atom. The number of anilines is 2. The van der Waals surface area contributed by atoms with Crippen molar-refractivity contribution in [3.05, 3.63) is 65.2 Å². The number of nitrogens with zero attached hydrogens (tertiary/aromatic N) is 8. The van der Waals surface area contributed by atoms with Crippen LogP contribution in [0.3, 0.4) is 0 Å². The number of rotatable bonds is 16. The predicted octanol–water partition coefficient (Wildman–Crippen LogP) is 2.49. The van der Waals surface area contributed by atoms with Crippen molar-refractivity contribution in [2.45, 2.75) is 69.8 Å². The van der Waals surface area contributed by atoms with Crippen LogP contribution in [0.4, 0.5) is 11.8 Å². The van der Waals surface area contributed by atoms with Gasteiger partial charge in [-0.05, 0) is 24.5 Å². The number of hydrogen-bond acceptors (Lipinski definition) is 17. The molecule has 10 atom stereocenters. The van der Waals surface area contributed by atoms with E-state index in [4.69, 9.17) is 23.0 Å². The van der Waals surface area contributed by atoms with Gasteiger partial charge in [-0.25, -0.2) is 24.5 Å². The number of carbonyl (C=O) groups excluding carboxylic acids is 2. The van der Waals surface area contributed by atoms with E-state index in [1.165, 1.54) is 24.3 Å². The first-order valence-corrected chi connectivity index (χ1v) is 21.0. The number of carbonyl (C=O) groups is 2. The number of methoxy groups -OCH3 is 1. The fraction of sp³-hybridized carbons (Fsp3) is 0.500. The predicted molar refractivity (Wildman–Crippen MR) is 212 cm³/mol. The van der Waals surface area contributed by atoms with Crippen LogP contribution in [0.25, 0.3) is 22.3 Å². The van der Waals surface area contributed by atoms with Gasteiger partial charge in [0.2, 0.25) is 11.9 Å². The Morgan fingerprint density at radius 3 is 2.59 bits per heavy atom. The van der Waals surface area contributed by atoms with Gasteiger partial charge in [-0.1, -0.05) is 39.0 Å². The van der Waals surface area contributed by atoms with Crippen LogP contribution in [0, 0.1) is 35.0 Å². The maximum absolute atomic E-state index is 14.6. The molecule has 61 heavy (non-hydrogen) atoms. The second kappa shape index (κ2) is 16.8. The Kier molecular flexibility index (Phi) is 11.6. The molecule has 0 spiro atoms. The molecule has 5 N–H and O–H groups in total. The molecule has 1 aliphatic heterocycles. The summed E-state index contributed by atoms with van der Waals surface area (Å²) in [5.74, 6) is -2.21. The molecule has 4 aromatic heterocycles. The summed E-state index contributed by atoms with van der Waals surface area (Å²) in [6.07, 6.45) is -1.01. The van der Waals surface area contributed by atoms with Crippen LogP contribution < -0.4 is 16.2 Å². The number of aromatic amines is 1. The molecule has 3 fully saturated rings. The first-order chi connectivity index (χ1) is 29.3. The van der Waals surface area contributed by atoms with Gasteiger partial charge < -0.3 is 29.6 Å². The van der Waals surface area contributed by atoms with E-state index in [1.54, 1.807) is 50.5 Å². The second-order valence-corrected chi connectivity index (χ2v) is 17.1. The smallest absolute Gasteiger partial charge is 0.396 e. The maximum Gasteiger partial charge on any atom is 0.475 e. The van der Waals surface area contributed by atoms with Crippen molar-refractivity contribution in [1.82, 2.24) is 39.0 Å². The van der Waals surface area contributed by atoms with Gasteiger partial charge in [0.15, 0.2) is 34.4 Å². The van der Waals surface area contributed by atoms with Gasteiger partial charge in [0.05, 0.1) is 50.0 Å². The normalized spacial score (nSPS) is 27.8. The fourth-order valence-corrected chi connectivity index (χ4v) is 10.0. The number of fused-ring (bicyclic) bond motifs is 3. The number of aliphatic hydroxyl groups is 2. The number of hydrogen-bond donors (Lipinski definition) is 5. The van der Waals surface area contributed by atoms with E-state index >= 15 is 0 Å². The Hall–Kier alpha value is -5.50. The van der Waals surface area contributed by atoms with Crippen LogP contribution in [0.5, 0.6) is 0 Å². The van der Waals surface area contributed by atoms with Gasteiger partial charge in [0.25, 0.3) is 11.5 Å². The van der Waals surface area contributed by atoms with E-state index in [0.717, 1.165) is 0 Å². The molecule has 2 amide bonds. The van der Waals surface area contributed by atoms with Crippen LogP contribution in [0.2, 0.25) is 0 Å². The van der Waals surface area contributed by atoms with Gasteiger partial charge in [-0.3, -0.25) is 42.8 Å². The third kappa shape index (κ3) is 7.61. The second-order valence-electron chi connectivity index (χ2n) is 15.5. The summed E-state index contributed by atoms with van der Waals surface area (Å²) in [6, 6.07) is 10.6. The number of phosphoric acid groups is 1. The molecule has 0 bridgehead atoms. The summed E-state index contributed by atoms with van der Waals surface area (Å²) >= 11 is 0. The van der Waals surface area contributed by atoms with Crippen molar-refractivity contribution < 1.29 is 47.4 Å². The topological polar surface area (TPSA) is 293 Å². The molecule has 2 aliphatic carbocycles. The lowest BCUT2D eigenvalue weighted by Gasteiger charge is -2.31. The average Bonchev–Trinajstić information content (AvgIpc) is 3.51. The summed E-state index contributed by atoms with van der Waals surface area (Å²) in [6.45, 7) is 4.11. The van der Waals surface area contributed by atoms with E-state index in [9.17, 15) is 34.4 Å². The minimum atomic E-state index is -4.56. The number of aromatic nitrogens is 8. The summed E-state index contributed by atoms with van der Waals surface area (Å²) in [7, 11) is -3.22. The largest absolute Gasteiger partial charge is 0.475 e. The lowest BCUT2D eigenvalue weighted by Crippen LogP contribution is -2.36. The Balaban J connectivity index is 1.02. The van der Waals surface area contributed by atoms with E-state index in [1.807, 2.05) is 17.6 Å². The first-order valence-electron chi connectivity index (χ1n) is 19.6. The molecular weight excluding hydrogens is 817 g/mol. The van der Waals surface area contributed by atoms with Crippen molar-refractivity contribution in [3.63, 3.8) is 0 Å². The van der Waals surface area contributed by atoms with Gasteiger partial charge in [0.1, 0.15) is 24.6 Å². The minimum Gasteiger partial charge on any atom is -0.396 e. The number of benzene rings is 1. The molecule has 5 heterocycles. The number of imidazole rings is 2. The van der Waals surface area contributed by atoms with Crippen molar-refractivity contribution in [1.29, 1.82) is 5.26 Å². The van der Waals surface area contributed by atoms with Crippen LogP contribution in [0.15, 0.2) is 54.1 Å². The van der Waals surface area contributed by atoms with Crippen molar-refractivity contribution >= 4 is 53.7 Å². The van der Waals surface area contributed by atoms with Crippen molar-refractivity contribution in [2.24, 2.45) is 23.7 Å². The number of amides is 2. The summed E-state index contributed by atoms with van der Waals surface area (Å²) < 4.78 is 47.4. The molecule has 0 radical (unpaired) electrons. The number of H-pyrrole nitrogens is 1. The molecule has 5 aromatic rings. The summed E-state index contributed by atoms with van der Waals surface area (Å²) in [4.78, 5) is 62.5. The zero-order valence-electron chi connectivity index (χ0n) is 33.4. The zero-order valence-corrected chi connectivity index (χ0v) is 34.3. The molecular formula is C38H44N11O11P. The number of nitriles is 1. The van der Waals surface area contributed by atoms with Gasteiger partial charge in [-0.15, -0.1) is 0 Å². The maximum atomic E-state index is 14.6. The number of phosphoric ester groups is 1. The Labute approximate surface area is 347 Å². The molecule has 322 valence electrons. The van der Waals surface area contributed by atoms with Crippen molar-refractivity contribution in [3.8, 4) is 6.07 Å². The van der Waals surface area contributed by atoms with Crippen molar-refractivity contribution in [2.75, 3.05) is 37.6 Å². The lowest BCUT2D eigenvalue weighted by molar-refractivity contribution is -0.118. The Morgan fingerprint density at radius 2 is 1.87 bits per heavy atom. The van der Waals surface area contributed by atoms with Gasteiger partial charge >= 0.3 is 7.82 Å². The number of nitrogens with one attached hydrogen (secondary N) is 3. The highest BCUT2D eigenvalue weighted by Crippen LogP contribution is 2.70. The molecule has 1 aromatic carbocycles. The SMILES string of the molecule is CO[C@H]1[C@@H](O)[C@H](n2cnc3c(=O)[nH]c(NC(=O)C(C)C)nc32)O[C@@H]1COP(=O)(OCCC#N)O[C@@H]1[C@@H](CO)[C@@H]2CC2(n2cnc3c(NC(=O)c4ccccc4)ncnc32)[C@@H]1C. The quantitative estimate of drug-likeness (QED) is 0.0703. The van der Waals surface area contributed by atoms with Crippen LogP contribution in [-0.2, 0) is 37.9 Å². The van der Waals surface area contributed by atoms with E-state index < -0.39 is 73.9 Å². The van der Waals surface area contributed by atoms with Crippen LogP contribution in [0.1, 0.15) is 50.2 Å². The summed E-state index contributed by atoms with van der Waals surface area (Å²) in [5, 5.41) is 36.8. The highest BCUT2D eigenvalue weighted by Gasteiger charge is 2.72. The number of ether oxygens (including phenoxy) is 2. The summed E-state index contributed by atoms with van der Waals surface area (Å²) in [5.41, 5.74) is -0.178. The molecule has 23 heteroatoms.